The van der Waals surface area contributed by atoms with Gasteiger partial charge >= 0.3 is 0 Å². The lowest BCUT2D eigenvalue weighted by Gasteiger charge is -2.27. The molecular weight excluding hydrogens is 140 g/mol. The molecule has 1 aliphatic heterocycles. The van der Waals surface area contributed by atoms with Crippen molar-refractivity contribution in [2.75, 3.05) is 7.05 Å². The first kappa shape index (κ1) is 8.24. The number of aliphatic imine (C=N–C) groups is 1. The van der Waals surface area contributed by atoms with E-state index in [0.717, 1.165) is 12.3 Å². The Bertz CT molecular complexity index is 218. The molecule has 0 radical (unpaired) electrons. The van der Waals surface area contributed by atoms with Gasteiger partial charge in [-0.1, -0.05) is 6.92 Å². The van der Waals surface area contributed by atoms with Crippen molar-refractivity contribution in [2.45, 2.75) is 32.7 Å². The van der Waals surface area contributed by atoms with Crippen molar-refractivity contribution < 1.29 is 4.79 Å². The quantitative estimate of drug-likeness (QED) is 0.565. The van der Waals surface area contributed by atoms with Crippen LogP contribution in [0, 0.1) is 0 Å². The largest absolute Gasteiger partial charge is 0.349 e. The van der Waals surface area contributed by atoms with Crippen LogP contribution in [0.15, 0.2) is 4.99 Å². The van der Waals surface area contributed by atoms with Gasteiger partial charge in [0.15, 0.2) is 0 Å². The summed E-state index contributed by atoms with van der Waals surface area (Å²) in [6.45, 7) is 5.78. The summed E-state index contributed by atoms with van der Waals surface area (Å²) in [5.41, 5.74) is -0.425. The fraction of sp³-hybridized carbons (Fsp3) is 0.750. The molecule has 1 amide bonds. The molecule has 0 atom stereocenters. The number of likely N-dealkylation sites (N-methyl/N-ethyl adjacent to an activating group) is 1. The number of nitrogens with zero attached hydrogens (tertiary/aromatic N) is 2. The number of carbonyl (C=O) groups is 1. The summed E-state index contributed by atoms with van der Waals surface area (Å²) < 4.78 is 0. The van der Waals surface area contributed by atoms with Crippen molar-refractivity contribution in [3.63, 3.8) is 0 Å². The fourth-order valence-corrected chi connectivity index (χ4v) is 1.11. The molecule has 0 fully saturated rings. The molecule has 1 aliphatic rings. The molecule has 0 bridgehead atoms. The third-order valence-electron chi connectivity index (χ3n) is 2.30. The zero-order valence-corrected chi connectivity index (χ0v) is 7.51. The van der Waals surface area contributed by atoms with E-state index in [2.05, 4.69) is 4.99 Å². The van der Waals surface area contributed by atoms with E-state index < -0.39 is 5.54 Å². The van der Waals surface area contributed by atoms with Gasteiger partial charge in [-0.25, -0.2) is 0 Å². The predicted octanol–water partition coefficient (Wildman–Crippen LogP) is 1.05. The molecular formula is C8H14N2O. The Kier molecular flexibility index (Phi) is 1.74. The van der Waals surface area contributed by atoms with Crippen molar-refractivity contribution in [3.05, 3.63) is 0 Å². The molecule has 0 saturated carbocycles. The molecule has 0 N–H and O–H groups in total. The number of hydrogen-bond acceptors (Lipinski definition) is 2. The summed E-state index contributed by atoms with van der Waals surface area (Å²) in [5.74, 6) is 0.858. The van der Waals surface area contributed by atoms with Gasteiger partial charge in [-0.3, -0.25) is 4.79 Å². The first-order valence-corrected chi connectivity index (χ1v) is 3.86. The molecule has 0 unspecified atom stereocenters. The van der Waals surface area contributed by atoms with Gasteiger partial charge in [0, 0.05) is 13.5 Å². The van der Waals surface area contributed by atoms with E-state index >= 15 is 0 Å². The second-order valence-corrected chi connectivity index (χ2v) is 3.30. The summed E-state index contributed by atoms with van der Waals surface area (Å²) in [5, 5.41) is 0. The van der Waals surface area contributed by atoms with E-state index in [0.29, 0.717) is 0 Å². The number of hydrogen-bond donors (Lipinski definition) is 0. The second kappa shape index (κ2) is 2.32. The molecule has 3 heteroatoms. The lowest BCUT2D eigenvalue weighted by molar-refractivity contribution is -0.123. The Morgan fingerprint density at radius 1 is 1.55 bits per heavy atom. The van der Waals surface area contributed by atoms with Gasteiger partial charge in [0.2, 0.25) is 0 Å². The molecule has 62 valence electrons. The molecule has 0 aromatic rings. The van der Waals surface area contributed by atoms with Gasteiger partial charge in [0.25, 0.3) is 5.91 Å². The SMILES string of the molecule is CCC1=NC(=O)C(C)(C)N1C. The Balaban J connectivity index is 2.93. The first-order chi connectivity index (χ1) is 5.00. The third kappa shape index (κ3) is 1.04. The van der Waals surface area contributed by atoms with Gasteiger partial charge < -0.3 is 4.90 Å². The Labute approximate surface area is 67.1 Å². The van der Waals surface area contributed by atoms with E-state index in [4.69, 9.17) is 0 Å². The van der Waals surface area contributed by atoms with Crippen LogP contribution in [-0.2, 0) is 4.79 Å². The second-order valence-electron chi connectivity index (χ2n) is 3.30. The van der Waals surface area contributed by atoms with Crippen LogP contribution in [-0.4, -0.2) is 29.2 Å². The number of rotatable bonds is 1. The van der Waals surface area contributed by atoms with E-state index in [9.17, 15) is 4.79 Å². The Morgan fingerprint density at radius 2 is 2.09 bits per heavy atom. The van der Waals surface area contributed by atoms with Crippen molar-refractivity contribution in [1.82, 2.24) is 4.90 Å². The lowest BCUT2D eigenvalue weighted by atomic mass is 10.0. The van der Waals surface area contributed by atoms with E-state index in [1.165, 1.54) is 0 Å². The van der Waals surface area contributed by atoms with E-state index in [1.54, 1.807) is 0 Å². The summed E-state index contributed by atoms with van der Waals surface area (Å²) in [7, 11) is 1.91. The highest BCUT2D eigenvalue weighted by molar-refractivity contribution is 6.05. The molecule has 3 nitrogen and oxygen atoms in total. The van der Waals surface area contributed by atoms with Crippen LogP contribution >= 0.6 is 0 Å². The maximum Gasteiger partial charge on any atom is 0.272 e. The van der Waals surface area contributed by atoms with Crippen LogP contribution in [0.2, 0.25) is 0 Å². The van der Waals surface area contributed by atoms with Crippen LogP contribution in [0.5, 0.6) is 0 Å². The lowest BCUT2D eigenvalue weighted by Crippen LogP contribution is -2.43. The van der Waals surface area contributed by atoms with Crippen LogP contribution in [0.3, 0.4) is 0 Å². The van der Waals surface area contributed by atoms with Crippen molar-refractivity contribution in [2.24, 2.45) is 4.99 Å². The minimum Gasteiger partial charge on any atom is -0.349 e. The van der Waals surface area contributed by atoms with E-state index in [-0.39, 0.29) is 5.91 Å². The normalized spacial score (nSPS) is 22.4. The molecule has 0 saturated heterocycles. The van der Waals surface area contributed by atoms with Gasteiger partial charge in [-0.2, -0.15) is 4.99 Å². The zero-order valence-electron chi connectivity index (χ0n) is 7.51. The van der Waals surface area contributed by atoms with E-state index in [1.807, 2.05) is 32.7 Å². The average Bonchev–Trinajstić information content (AvgIpc) is 2.14. The number of amidine groups is 1. The summed E-state index contributed by atoms with van der Waals surface area (Å²) in [6.07, 6.45) is 0.825. The zero-order chi connectivity index (χ0) is 8.65. The van der Waals surface area contributed by atoms with Gasteiger partial charge in [-0.15, -0.1) is 0 Å². The average molecular weight is 154 g/mol. The highest BCUT2D eigenvalue weighted by atomic mass is 16.2. The molecule has 0 aromatic carbocycles. The first-order valence-electron chi connectivity index (χ1n) is 3.86. The topological polar surface area (TPSA) is 32.7 Å². The fourth-order valence-electron chi connectivity index (χ4n) is 1.11. The minimum atomic E-state index is -0.425. The van der Waals surface area contributed by atoms with Gasteiger partial charge in [-0.05, 0) is 13.8 Å². The molecule has 11 heavy (non-hydrogen) atoms. The van der Waals surface area contributed by atoms with Crippen molar-refractivity contribution >= 4 is 11.7 Å². The molecule has 1 rings (SSSR count). The number of amides is 1. The summed E-state index contributed by atoms with van der Waals surface area (Å²) in [6, 6.07) is 0. The van der Waals surface area contributed by atoms with Crippen molar-refractivity contribution in [1.29, 1.82) is 0 Å². The van der Waals surface area contributed by atoms with Crippen LogP contribution in [0.1, 0.15) is 27.2 Å². The van der Waals surface area contributed by atoms with Gasteiger partial charge in [0.1, 0.15) is 11.4 Å². The smallest absolute Gasteiger partial charge is 0.272 e. The van der Waals surface area contributed by atoms with Crippen LogP contribution in [0.25, 0.3) is 0 Å². The molecule has 1 heterocycles. The maximum atomic E-state index is 11.2. The maximum absolute atomic E-state index is 11.2. The predicted molar refractivity (Wildman–Crippen MR) is 44.6 cm³/mol. The van der Waals surface area contributed by atoms with Crippen LogP contribution < -0.4 is 0 Å². The highest BCUT2D eigenvalue weighted by Gasteiger charge is 2.38. The highest BCUT2D eigenvalue weighted by Crippen LogP contribution is 2.22. The standard InChI is InChI=1S/C8H14N2O/c1-5-6-9-7(11)8(2,3)10(6)4/h5H2,1-4H3. The van der Waals surface area contributed by atoms with Crippen LogP contribution in [0.4, 0.5) is 0 Å². The van der Waals surface area contributed by atoms with Gasteiger partial charge in [0.05, 0.1) is 0 Å². The van der Waals surface area contributed by atoms with Crippen molar-refractivity contribution in [3.8, 4) is 0 Å². The molecule has 0 spiro atoms. The molecule has 0 aliphatic carbocycles. The monoisotopic (exact) mass is 154 g/mol. The minimum absolute atomic E-state index is 0.0307. The summed E-state index contributed by atoms with van der Waals surface area (Å²) >= 11 is 0. The summed E-state index contributed by atoms with van der Waals surface area (Å²) in [4.78, 5) is 17.1. The Hall–Kier alpha value is -0.860. The Morgan fingerprint density at radius 3 is 2.27 bits per heavy atom. The third-order valence-corrected chi connectivity index (χ3v) is 2.30. The number of carbonyl (C=O) groups excluding carboxylic acids is 1. The molecule has 0 aromatic heterocycles.